The van der Waals surface area contributed by atoms with E-state index in [4.69, 9.17) is 5.26 Å². The Morgan fingerprint density at radius 2 is 2.00 bits per heavy atom. The molecule has 0 bridgehead atoms. The Morgan fingerprint density at radius 1 is 1.44 bits per heavy atom. The summed E-state index contributed by atoms with van der Waals surface area (Å²) in [5.41, 5.74) is 0. The molecule has 1 saturated heterocycles. The SMILES string of the molecule is CC(C#N)S(=O)(=O)N(C)CCN1CCCC1. The van der Waals surface area contributed by atoms with Crippen LogP contribution in [0.2, 0.25) is 0 Å². The van der Waals surface area contributed by atoms with Crippen molar-refractivity contribution in [2.75, 3.05) is 33.2 Å². The molecule has 0 amide bonds. The van der Waals surface area contributed by atoms with Crippen LogP contribution < -0.4 is 0 Å². The maximum absolute atomic E-state index is 11.8. The third kappa shape index (κ3) is 3.17. The fourth-order valence-electron chi connectivity index (χ4n) is 1.75. The zero-order valence-electron chi connectivity index (χ0n) is 9.89. The lowest BCUT2D eigenvalue weighted by molar-refractivity contribution is 0.309. The smallest absolute Gasteiger partial charge is 0.229 e. The molecule has 0 radical (unpaired) electrons. The first-order valence-electron chi connectivity index (χ1n) is 5.55. The zero-order valence-corrected chi connectivity index (χ0v) is 10.7. The first-order chi connectivity index (χ1) is 7.48. The first kappa shape index (κ1) is 13.4. The molecule has 5 nitrogen and oxygen atoms in total. The summed E-state index contributed by atoms with van der Waals surface area (Å²) in [6, 6.07) is 1.77. The highest BCUT2D eigenvalue weighted by atomic mass is 32.2. The van der Waals surface area contributed by atoms with E-state index in [0.29, 0.717) is 6.54 Å². The summed E-state index contributed by atoms with van der Waals surface area (Å²) in [5.74, 6) is 0. The van der Waals surface area contributed by atoms with Crippen molar-refractivity contribution in [1.82, 2.24) is 9.21 Å². The van der Waals surface area contributed by atoms with Crippen LogP contribution in [-0.2, 0) is 10.0 Å². The summed E-state index contributed by atoms with van der Waals surface area (Å²) in [5, 5.41) is 7.67. The molecule has 6 heteroatoms. The van der Waals surface area contributed by atoms with Crippen LogP contribution in [0, 0.1) is 11.3 Å². The molecule has 1 atom stereocenters. The van der Waals surface area contributed by atoms with E-state index in [1.165, 1.54) is 24.1 Å². The maximum atomic E-state index is 11.8. The van der Waals surface area contributed by atoms with E-state index in [9.17, 15) is 8.42 Å². The zero-order chi connectivity index (χ0) is 12.2. The van der Waals surface area contributed by atoms with Crippen molar-refractivity contribution < 1.29 is 8.42 Å². The number of likely N-dealkylation sites (N-methyl/N-ethyl adjacent to an activating group) is 1. The number of hydrogen-bond donors (Lipinski definition) is 0. The van der Waals surface area contributed by atoms with E-state index >= 15 is 0 Å². The number of nitriles is 1. The van der Waals surface area contributed by atoms with Gasteiger partial charge in [0.2, 0.25) is 10.0 Å². The molecule has 1 unspecified atom stereocenters. The number of likely N-dealkylation sites (tertiary alicyclic amines) is 1. The van der Waals surface area contributed by atoms with E-state index in [1.807, 2.05) is 0 Å². The van der Waals surface area contributed by atoms with Crippen molar-refractivity contribution in [3.63, 3.8) is 0 Å². The minimum Gasteiger partial charge on any atom is -0.302 e. The number of rotatable bonds is 5. The van der Waals surface area contributed by atoms with Crippen LogP contribution in [0.1, 0.15) is 19.8 Å². The van der Waals surface area contributed by atoms with E-state index in [2.05, 4.69) is 4.90 Å². The second-order valence-electron chi connectivity index (χ2n) is 4.19. The molecule has 0 spiro atoms. The molecule has 1 heterocycles. The van der Waals surface area contributed by atoms with Crippen LogP contribution in [0.25, 0.3) is 0 Å². The van der Waals surface area contributed by atoms with E-state index in [0.717, 1.165) is 19.6 Å². The Labute approximate surface area is 97.7 Å². The minimum absolute atomic E-state index is 0.467. The second-order valence-corrected chi connectivity index (χ2v) is 6.55. The van der Waals surface area contributed by atoms with Gasteiger partial charge in [-0.3, -0.25) is 0 Å². The monoisotopic (exact) mass is 245 g/mol. The van der Waals surface area contributed by atoms with Crippen LogP contribution in [0.15, 0.2) is 0 Å². The predicted octanol–water partition coefficient (Wildman–Crippen LogP) is 0.256. The van der Waals surface area contributed by atoms with Crippen molar-refractivity contribution in [3.8, 4) is 6.07 Å². The van der Waals surface area contributed by atoms with Crippen LogP contribution >= 0.6 is 0 Å². The number of sulfonamides is 1. The number of hydrogen-bond acceptors (Lipinski definition) is 4. The van der Waals surface area contributed by atoms with Crippen LogP contribution in [0.5, 0.6) is 0 Å². The molecular weight excluding hydrogens is 226 g/mol. The topological polar surface area (TPSA) is 64.4 Å². The molecule has 0 aromatic heterocycles. The largest absolute Gasteiger partial charge is 0.302 e. The minimum atomic E-state index is -3.44. The molecule has 92 valence electrons. The molecule has 1 aliphatic heterocycles. The molecule has 1 rings (SSSR count). The van der Waals surface area contributed by atoms with Gasteiger partial charge in [0.05, 0.1) is 6.07 Å². The predicted molar refractivity (Wildman–Crippen MR) is 62.3 cm³/mol. The fraction of sp³-hybridized carbons (Fsp3) is 0.900. The quantitative estimate of drug-likeness (QED) is 0.697. The summed E-state index contributed by atoms with van der Waals surface area (Å²) in [4.78, 5) is 2.25. The Bertz CT molecular complexity index is 355. The molecular formula is C10H19N3O2S. The molecule has 0 aliphatic carbocycles. The number of nitrogens with zero attached hydrogens (tertiary/aromatic N) is 3. The molecule has 0 aromatic carbocycles. The van der Waals surface area contributed by atoms with Gasteiger partial charge in [-0.25, -0.2) is 12.7 Å². The molecule has 0 saturated carbocycles. The average Bonchev–Trinajstić information content (AvgIpc) is 2.77. The van der Waals surface area contributed by atoms with Crippen LogP contribution in [0.4, 0.5) is 0 Å². The van der Waals surface area contributed by atoms with Crippen molar-refractivity contribution in [2.45, 2.75) is 25.0 Å². The lowest BCUT2D eigenvalue weighted by Gasteiger charge is -2.21. The van der Waals surface area contributed by atoms with E-state index < -0.39 is 15.3 Å². The normalized spacial score (nSPS) is 19.9. The highest BCUT2D eigenvalue weighted by Gasteiger charge is 2.26. The van der Waals surface area contributed by atoms with Gasteiger partial charge in [-0.05, 0) is 32.9 Å². The van der Waals surface area contributed by atoms with Crippen LogP contribution in [-0.4, -0.2) is 56.1 Å². The Morgan fingerprint density at radius 3 is 2.50 bits per heavy atom. The van der Waals surface area contributed by atoms with Gasteiger partial charge in [0.1, 0.15) is 0 Å². The van der Waals surface area contributed by atoms with Crippen molar-refractivity contribution in [1.29, 1.82) is 5.26 Å². The third-order valence-corrected chi connectivity index (χ3v) is 5.04. The van der Waals surface area contributed by atoms with Gasteiger partial charge in [0, 0.05) is 20.1 Å². The molecule has 16 heavy (non-hydrogen) atoms. The van der Waals surface area contributed by atoms with E-state index in [1.54, 1.807) is 13.1 Å². The summed E-state index contributed by atoms with van der Waals surface area (Å²) in [7, 11) is -1.89. The second kappa shape index (κ2) is 5.62. The first-order valence-corrected chi connectivity index (χ1v) is 7.06. The van der Waals surface area contributed by atoms with Crippen molar-refractivity contribution in [3.05, 3.63) is 0 Å². The van der Waals surface area contributed by atoms with E-state index in [-0.39, 0.29) is 0 Å². The average molecular weight is 245 g/mol. The molecule has 1 aliphatic rings. The van der Waals surface area contributed by atoms with Crippen molar-refractivity contribution >= 4 is 10.0 Å². The Kier molecular flexibility index (Phi) is 4.71. The Hall–Kier alpha value is -0.640. The van der Waals surface area contributed by atoms with Gasteiger partial charge < -0.3 is 4.90 Å². The van der Waals surface area contributed by atoms with Crippen molar-refractivity contribution in [2.24, 2.45) is 0 Å². The molecule has 1 fully saturated rings. The van der Waals surface area contributed by atoms with Gasteiger partial charge in [-0.1, -0.05) is 0 Å². The summed E-state index contributed by atoms with van der Waals surface area (Å²) >= 11 is 0. The van der Waals surface area contributed by atoms with Gasteiger partial charge >= 0.3 is 0 Å². The lowest BCUT2D eigenvalue weighted by Crippen LogP contribution is -2.39. The standard InChI is InChI=1S/C10H19N3O2S/c1-10(9-11)16(14,15)12(2)7-8-13-5-3-4-6-13/h10H,3-8H2,1-2H3. The molecule has 0 N–H and O–H groups in total. The van der Waals surface area contributed by atoms with Gasteiger partial charge in [-0.15, -0.1) is 0 Å². The summed E-state index contributed by atoms with van der Waals surface area (Å²) in [6.45, 7) is 4.76. The maximum Gasteiger partial charge on any atom is 0.229 e. The van der Waals surface area contributed by atoms with Gasteiger partial charge in [-0.2, -0.15) is 5.26 Å². The summed E-state index contributed by atoms with van der Waals surface area (Å²) in [6.07, 6.45) is 2.40. The highest BCUT2D eigenvalue weighted by Crippen LogP contribution is 2.09. The highest BCUT2D eigenvalue weighted by molar-refractivity contribution is 7.89. The lowest BCUT2D eigenvalue weighted by atomic mass is 10.4. The Balaban J connectivity index is 2.45. The summed E-state index contributed by atoms with van der Waals surface area (Å²) < 4.78 is 24.8. The van der Waals surface area contributed by atoms with Gasteiger partial charge in [0.25, 0.3) is 0 Å². The third-order valence-electron chi connectivity index (χ3n) is 2.99. The van der Waals surface area contributed by atoms with Crippen LogP contribution in [0.3, 0.4) is 0 Å². The molecule has 0 aromatic rings. The van der Waals surface area contributed by atoms with Gasteiger partial charge in [0.15, 0.2) is 5.25 Å². The fourth-order valence-corrected chi connectivity index (χ4v) is 2.76.